The van der Waals surface area contributed by atoms with Crippen molar-refractivity contribution in [2.75, 3.05) is 26.7 Å². The summed E-state index contributed by atoms with van der Waals surface area (Å²) in [6, 6.07) is 13.4. The number of rotatable bonds is 5. The second-order valence-electron chi connectivity index (χ2n) is 6.87. The highest BCUT2D eigenvalue weighted by Gasteiger charge is 2.28. The summed E-state index contributed by atoms with van der Waals surface area (Å²) in [5.74, 6) is 1.21. The molecule has 1 unspecified atom stereocenters. The maximum absolute atomic E-state index is 5.15. The van der Waals surface area contributed by atoms with Gasteiger partial charge in [-0.3, -0.25) is 4.90 Å². The summed E-state index contributed by atoms with van der Waals surface area (Å²) < 4.78 is 7.61. The SMILES string of the molecule is COc1ccc(CN2CCN(I)C(c3ccccc3C(C)C)C2)cn1. The van der Waals surface area contributed by atoms with E-state index in [2.05, 4.69) is 80.0 Å². The molecule has 1 aromatic heterocycles. The maximum Gasteiger partial charge on any atom is 0.212 e. The number of benzene rings is 1. The van der Waals surface area contributed by atoms with Crippen LogP contribution in [-0.4, -0.2) is 39.7 Å². The zero-order valence-corrected chi connectivity index (χ0v) is 17.3. The van der Waals surface area contributed by atoms with Gasteiger partial charge in [0, 0.05) is 61.3 Å². The molecule has 0 amide bonds. The highest BCUT2D eigenvalue weighted by molar-refractivity contribution is 14.1. The second-order valence-corrected chi connectivity index (χ2v) is 8.11. The van der Waals surface area contributed by atoms with E-state index in [9.17, 15) is 0 Å². The molecule has 2 aromatic rings. The van der Waals surface area contributed by atoms with Crippen LogP contribution in [0.5, 0.6) is 5.88 Å². The summed E-state index contributed by atoms with van der Waals surface area (Å²) in [5.41, 5.74) is 4.16. The van der Waals surface area contributed by atoms with Crippen molar-refractivity contribution in [2.45, 2.75) is 32.4 Å². The summed E-state index contributed by atoms with van der Waals surface area (Å²) in [6.07, 6.45) is 1.92. The molecular formula is C20H26IN3O. The fourth-order valence-electron chi connectivity index (χ4n) is 3.43. The minimum Gasteiger partial charge on any atom is -0.481 e. The van der Waals surface area contributed by atoms with Gasteiger partial charge in [-0.15, -0.1) is 0 Å². The van der Waals surface area contributed by atoms with Gasteiger partial charge in [0.25, 0.3) is 0 Å². The number of methoxy groups -OCH3 is 1. The van der Waals surface area contributed by atoms with Crippen molar-refractivity contribution in [2.24, 2.45) is 0 Å². The van der Waals surface area contributed by atoms with Crippen molar-refractivity contribution in [3.05, 3.63) is 59.3 Å². The average Bonchev–Trinajstić information content (AvgIpc) is 2.64. The number of aromatic nitrogens is 1. The Labute approximate surface area is 164 Å². The van der Waals surface area contributed by atoms with E-state index in [0.29, 0.717) is 17.8 Å². The molecule has 0 radical (unpaired) electrons. The van der Waals surface area contributed by atoms with Crippen molar-refractivity contribution < 1.29 is 4.74 Å². The summed E-state index contributed by atoms with van der Waals surface area (Å²) in [6.45, 7) is 8.68. The zero-order valence-electron chi connectivity index (χ0n) is 15.2. The second kappa shape index (κ2) is 8.47. The van der Waals surface area contributed by atoms with Gasteiger partial charge in [-0.2, -0.15) is 0 Å². The third-order valence-corrected chi connectivity index (χ3v) is 5.94. The molecule has 0 saturated carbocycles. The van der Waals surface area contributed by atoms with Gasteiger partial charge in [-0.25, -0.2) is 8.10 Å². The van der Waals surface area contributed by atoms with Gasteiger partial charge >= 0.3 is 0 Å². The van der Waals surface area contributed by atoms with E-state index in [1.54, 1.807) is 7.11 Å². The van der Waals surface area contributed by atoms with Gasteiger partial charge < -0.3 is 4.74 Å². The summed E-state index contributed by atoms with van der Waals surface area (Å²) in [4.78, 5) is 6.86. The Kier molecular flexibility index (Phi) is 6.30. The van der Waals surface area contributed by atoms with Crippen molar-refractivity contribution >= 4 is 22.9 Å². The monoisotopic (exact) mass is 451 g/mol. The fraction of sp³-hybridized carbons (Fsp3) is 0.450. The van der Waals surface area contributed by atoms with Gasteiger partial charge in [0.1, 0.15) is 0 Å². The van der Waals surface area contributed by atoms with Crippen LogP contribution in [0.15, 0.2) is 42.6 Å². The summed E-state index contributed by atoms with van der Waals surface area (Å²) in [7, 11) is 1.65. The van der Waals surface area contributed by atoms with Crippen LogP contribution in [0.1, 0.15) is 42.5 Å². The number of halogens is 1. The molecule has 5 heteroatoms. The Morgan fingerprint density at radius 2 is 2.00 bits per heavy atom. The predicted octanol–water partition coefficient (Wildman–Crippen LogP) is 4.42. The first-order chi connectivity index (χ1) is 12.1. The van der Waals surface area contributed by atoms with E-state index < -0.39 is 0 Å². The molecule has 1 fully saturated rings. The van der Waals surface area contributed by atoms with Crippen LogP contribution in [0.3, 0.4) is 0 Å². The number of nitrogens with zero attached hydrogens (tertiary/aromatic N) is 3. The molecule has 0 spiro atoms. The Hall–Kier alpha value is -1.18. The molecule has 1 atom stereocenters. The molecular weight excluding hydrogens is 425 g/mol. The van der Waals surface area contributed by atoms with Crippen LogP contribution in [0.25, 0.3) is 0 Å². The molecule has 134 valence electrons. The Bertz CT molecular complexity index is 690. The van der Waals surface area contributed by atoms with Crippen molar-refractivity contribution in [1.82, 2.24) is 13.0 Å². The first kappa shape index (κ1) is 18.6. The third kappa shape index (κ3) is 4.51. The number of ether oxygens (including phenoxy) is 1. The first-order valence-electron chi connectivity index (χ1n) is 8.81. The topological polar surface area (TPSA) is 28.6 Å². The predicted molar refractivity (Wildman–Crippen MR) is 110 cm³/mol. The first-order valence-corrected chi connectivity index (χ1v) is 9.77. The molecule has 2 heterocycles. The fourth-order valence-corrected chi connectivity index (χ4v) is 4.13. The van der Waals surface area contributed by atoms with Crippen LogP contribution in [0.4, 0.5) is 0 Å². The number of piperazine rings is 1. The van der Waals surface area contributed by atoms with E-state index in [1.165, 1.54) is 16.7 Å². The highest BCUT2D eigenvalue weighted by Crippen LogP contribution is 2.33. The van der Waals surface area contributed by atoms with Gasteiger partial charge in [0.15, 0.2) is 0 Å². The Morgan fingerprint density at radius 3 is 2.68 bits per heavy atom. The van der Waals surface area contributed by atoms with Gasteiger partial charge in [-0.05, 0) is 22.6 Å². The largest absolute Gasteiger partial charge is 0.481 e. The molecule has 0 bridgehead atoms. The molecule has 0 N–H and O–H groups in total. The van der Waals surface area contributed by atoms with Gasteiger partial charge in [0.2, 0.25) is 5.88 Å². The third-order valence-electron chi connectivity index (χ3n) is 4.79. The van der Waals surface area contributed by atoms with Crippen LogP contribution >= 0.6 is 22.9 Å². The molecule has 25 heavy (non-hydrogen) atoms. The Balaban J connectivity index is 1.75. The van der Waals surface area contributed by atoms with Gasteiger partial charge in [-0.1, -0.05) is 44.2 Å². The van der Waals surface area contributed by atoms with Crippen LogP contribution in [-0.2, 0) is 6.54 Å². The average molecular weight is 451 g/mol. The molecule has 0 aliphatic carbocycles. The van der Waals surface area contributed by atoms with Crippen molar-refractivity contribution in [1.29, 1.82) is 0 Å². The minimum atomic E-state index is 0.430. The molecule has 1 aliphatic heterocycles. The van der Waals surface area contributed by atoms with Crippen molar-refractivity contribution in [3.63, 3.8) is 0 Å². The quantitative estimate of drug-likeness (QED) is 0.497. The smallest absolute Gasteiger partial charge is 0.212 e. The van der Waals surface area contributed by atoms with E-state index in [4.69, 9.17) is 4.74 Å². The molecule has 1 aliphatic rings. The molecule has 3 rings (SSSR count). The highest BCUT2D eigenvalue weighted by atomic mass is 127. The number of pyridine rings is 1. The van der Waals surface area contributed by atoms with Gasteiger partial charge in [0.05, 0.1) is 13.2 Å². The maximum atomic E-state index is 5.15. The lowest BCUT2D eigenvalue weighted by atomic mass is 9.92. The normalized spacial score (nSPS) is 19.3. The molecule has 4 nitrogen and oxygen atoms in total. The number of hydrogen-bond acceptors (Lipinski definition) is 4. The molecule has 1 saturated heterocycles. The number of hydrogen-bond donors (Lipinski definition) is 0. The lowest BCUT2D eigenvalue weighted by molar-refractivity contribution is 0.148. The zero-order chi connectivity index (χ0) is 17.8. The van der Waals surface area contributed by atoms with Crippen LogP contribution in [0.2, 0.25) is 0 Å². The van der Waals surface area contributed by atoms with Crippen LogP contribution < -0.4 is 4.74 Å². The Morgan fingerprint density at radius 1 is 1.20 bits per heavy atom. The lowest BCUT2D eigenvalue weighted by Crippen LogP contribution is -2.44. The molecule has 1 aromatic carbocycles. The lowest BCUT2D eigenvalue weighted by Gasteiger charge is -2.39. The standard InChI is InChI=1S/C20H26IN3O/c1-15(2)17-6-4-5-7-18(17)19-14-23(10-11-24(19)21)13-16-8-9-20(25-3)22-12-16/h4-9,12,15,19H,10-11,13-14H2,1-3H3. The summed E-state index contributed by atoms with van der Waals surface area (Å²) in [5, 5.41) is 0. The van der Waals surface area contributed by atoms with E-state index >= 15 is 0 Å². The van der Waals surface area contributed by atoms with E-state index in [-0.39, 0.29) is 0 Å². The van der Waals surface area contributed by atoms with E-state index in [0.717, 1.165) is 26.2 Å². The summed E-state index contributed by atoms with van der Waals surface area (Å²) >= 11 is 2.49. The van der Waals surface area contributed by atoms with Crippen molar-refractivity contribution in [3.8, 4) is 5.88 Å². The minimum absolute atomic E-state index is 0.430. The van der Waals surface area contributed by atoms with E-state index in [1.807, 2.05) is 12.3 Å². The van der Waals surface area contributed by atoms with Crippen LogP contribution in [0, 0.1) is 0 Å².